The maximum absolute atomic E-state index is 13.1. The van der Waals surface area contributed by atoms with Crippen LogP contribution in [-0.2, 0) is 12.8 Å². The van der Waals surface area contributed by atoms with E-state index in [1.807, 2.05) is 42.5 Å². The molecular weight excluding hydrogens is 394 g/mol. The maximum Gasteiger partial charge on any atom is 0.259 e. The molecule has 0 atom stereocenters. The molecule has 2 aromatic heterocycles. The third kappa shape index (κ3) is 4.33. The summed E-state index contributed by atoms with van der Waals surface area (Å²) in [5.74, 6) is 1.45. The van der Waals surface area contributed by atoms with E-state index in [9.17, 15) is 4.79 Å². The van der Waals surface area contributed by atoms with E-state index in [-0.39, 0.29) is 5.91 Å². The number of aryl methyl sites for hydroxylation is 1. The van der Waals surface area contributed by atoms with E-state index < -0.39 is 0 Å². The Bertz CT molecular complexity index is 1030. The van der Waals surface area contributed by atoms with Crippen molar-refractivity contribution in [2.75, 3.05) is 23.3 Å². The van der Waals surface area contributed by atoms with Crippen LogP contribution < -0.4 is 10.2 Å². The first-order chi connectivity index (χ1) is 14.7. The molecule has 0 aliphatic heterocycles. The minimum absolute atomic E-state index is 0.0870. The van der Waals surface area contributed by atoms with Crippen molar-refractivity contribution in [3.8, 4) is 0 Å². The largest absolute Gasteiger partial charge is 0.440 e. The molecule has 1 N–H and O–H groups in total. The summed E-state index contributed by atoms with van der Waals surface area (Å²) in [6, 6.07) is 13.5. The van der Waals surface area contributed by atoms with Gasteiger partial charge in [-0.25, -0.2) is 4.99 Å². The summed E-state index contributed by atoms with van der Waals surface area (Å²) in [4.78, 5) is 21.3. The van der Waals surface area contributed by atoms with Gasteiger partial charge in [-0.05, 0) is 63.3 Å². The van der Waals surface area contributed by atoms with E-state index in [0.717, 1.165) is 54.5 Å². The number of benzene rings is 1. The van der Waals surface area contributed by atoms with Crippen molar-refractivity contribution in [3.05, 3.63) is 64.2 Å². The van der Waals surface area contributed by atoms with E-state index in [1.165, 1.54) is 11.3 Å². The molecule has 0 fully saturated rings. The summed E-state index contributed by atoms with van der Waals surface area (Å²) in [6.45, 7) is 5.99. The van der Waals surface area contributed by atoms with Gasteiger partial charge < -0.3 is 14.6 Å². The molecular formula is C24H27N3O2S. The maximum atomic E-state index is 13.1. The van der Waals surface area contributed by atoms with Gasteiger partial charge >= 0.3 is 0 Å². The van der Waals surface area contributed by atoms with Crippen LogP contribution in [-0.4, -0.2) is 25.2 Å². The van der Waals surface area contributed by atoms with Crippen molar-refractivity contribution < 1.29 is 9.21 Å². The third-order valence-electron chi connectivity index (χ3n) is 5.41. The molecule has 30 heavy (non-hydrogen) atoms. The fourth-order valence-electron chi connectivity index (χ4n) is 3.83. The van der Waals surface area contributed by atoms with Crippen LogP contribution in [0.2, 0.25) is 0 Å². The number of anilines is 2. The van der Waals surface area contributed by atoms with Gasteiger partial charge in [-0.1, -0.05) is 18.2 Å². The van der Waals surface area contributed by atoms with Gasteiger partial charge in [0, 0.05) is 29.7 Å². The molecule has 6 heteroatoms. The summed E-state index contributed by atoms with van der Waals surface area (Å²) in [5, 5.41) is 3.79. The number of para-hydroxylation sites is 1. The Morgan fingerprint density at radius 1 is 1.13 bits per heavy atom. The first-order valence-corrected chi connectivity index (χ1v) is 11.4. The van der Waals surface area contributed by atoms with Crippen molar-refractivity contribution in [1.82, 2.24) is 0 Å². The number of nitrogens with one attached hydrogen (secondary N) is 1. The van der Waals surface area contributed by atoms with Crippen molar-refractivity contribution in [1.29, 1.82) is 0 Å². The Morgan fingerprint density at radius 2 is 1.90 bits per heavy atom. The van der Waals surface area contributed by atoms with Crippen molar-refractivity contribution in [3.63, 3.8) is 0 Å². The summed E-state index contributed by atoms with van der Waals surface area (Å²) >= 11 is 1.63. The minimum atomic E-state index is -0.0870. The molecule has 1 amide bonds. The number of fused-ring (bicyclic) bond motifs is 1. The van der Waals surface area contributed by atoms with Gasteiger partial charge in [0.2, 0.25) is 0 Å². The second-order valence-electron chi connectivity index (χ2n) is 7.32. The molecule has 0 unspecified atom stereocenters. The Balaban J connectivity index is 1.62. The molecule has 0 saturated carbocycles. The lowest BCUT2D eigenvalue weighted by molar-refractivity contribution is 0.102. The van der Waals surface area contributed by atoms with Gasteiger partial charge in [0.1, 0.15) is 10.8 Å². The molecule has 0 saturated heterocycles. The number of hydrogen-bond acceptors (Lipinski definition) is 5. The van der Waals surface area contributed by atoms with E-state index in [1.54, 1.807) is 17.6 Å². The fraction of sp³-hybridized carbons (Fsp3) is 0.333. The zero-order valence-electron chi connectivity index (χ0n) is 17.5. The van der Waals surface area contributed by atoms with Gasteiger partial charge in [0.25, 0.3) is 5.91 Å². The number of aliphatic imine (C=N–C) groups is 1. The van der Waals surface area contributed by atoms with E-state index in [2.05, 4.69) is 29.1 Å². The average Bonchev–Trinajstić information content (AvgIpc) is 3.38. The number of rotatable bonds is 7. The van der Waals surface area contributed by atoms with Crippen LogP contribution in [0.1, 0.15) is 53.2 Å². The molecule has 4 rings (SSSR count). The lowest BCUT2D eigenvalue weighted by Crippen LogP contribution is -2.20. The van der Waals surface area contributed by atoms with Gasteiger partial charge in [-0.2, -0.15) is 0 Å². The van der Waals surface area contributed by atoms with Crippen molar-refractivity contribution in [2.45, 2.75) is 39.5 Å². The number of carbonyl (C=O) groups excluding carboxylic acids is 1. The average molecular weight is 422 g/mol. The quantitative estimate of drug-likeness (QED) is 0.471. The zero-order valence-corrected chi connectivity index (χ0v) is 18.3. The van der Waals surface area contributed by atoms with Crippen molar-refractivity contribution in [2.24, 2.45) is 4.99 Å². The Hall–Kier alpha value is -2.86. The van der Waals surface area contributed by atoms with Crippen LogP contribution in [0, 0.1) is 0 Å². The Kier molecular flexibility index (Phi) is 6.33. The van der Waals surface area contributed by atoms with Crippen molar-refractivity contribution >= 4 is 40.0 Å². The predicted octanol–water partition coefficient (Wildman–Crippen LogP) is 6.07. The van der Waals surface area contributed by atoms with Gasteiger partial charge in [-0.3, -0.25) is 4.79 Å². The van der Waals surface area contributed by atoms with Gasteiger partial charge in [0.15, 0.2) is 5.88 Å². The molecule has 5 nitrogen and oxygen atoms in total. The first-order valence-electron chi connectivity index (χ1n) is 10.6. The van der Waals surface area contributed by atoms with E-state index in [0.29, 0.717) is 11.3 Å². The second-order valence-corrected chi connectivity index (χ2v) is 8.40. The highest BCUT2D eigenvalue weighted by Gasteiger charge is 2.25. The summed E-state index contributed by atoms with van der Waals surface area (Å²) in [5.41, 5.74) is 2.67. The highest BCUT2D eigenvalue weighted by molar-refractivity contribution is 7.16. The van der Waals surface area contributed by atoms with Gasteiger partial charge in [-0.15, -0.1) is 11.3 Å². The molecule has 156 valence electrons. The van der Waals surface area contributed by atoms with Crippen LogP contribution in [0.3, 0.4) is 0 Å². The molecule has 2 heterocycles. The number of thiophene rings is 1. The van der Waals surface area contributed by atoms with Crippen LogP contribution in [0.25, 0.3) is 0 Å². The van der Waals surface area contributed by atoms with Gasteiger partial charge in [0.05, 0.1) is 11.8 Å². The Morgan fingerprint density at radius 3 is 2.67 bits per heavy atom. The van der Waals surface area contributed by atoms with Crippen LogP contribution in [0.4, 0.5) is 16.6 Å². The number of nitrogens with zero attached hydrogens (tertiary/aromatic N) is 2. The molecule has 1 aliphatic carbocycles. The highest BCUT2D eigenvalue weighted by Crippen LogP contribution is 2.40. The van der Waals surface area contributed by atoms with Crippen LogP contribution in [0.15, 0.2) is 51.9 Å². The topological polar surface area (TPSA) is 57.8 Å². The number of hydrogen-bond donors (Lipinski definition) is 1. The van der Waals surface area contributed by atoms with E-state index in [4.69, 9.17) is 4.42 Å². The molecule has 0 radical (unpaired) electrons. The molecule has 1 aromatic carbocycles. The van der Waals surface area contributed by atoms with E-state index >= 15 is 0 Å². The molecule has 1 aliphatic rings. The highest BCUT2D eigenvalue weighted by atomic mass is 32.1. The standard InChI is InChI=1S/C24H27N3O2S/c1-3-27(4-2)21-15-14-18(29-21)16-25-24-22(19-12-8-9-13-20(19)30-24)23(28)26-17-10-6-5-7-11-17/h5-7,10-11,14-16H,3-4,8-9,12-13H2,1-2H3,(H,26,28). The molecule has 3 aromatic rings. The minimum Gasteiger partial charge on any atom is -0.440 e. The zero-order chi connectivity index (χ0) is 20.9. The first kappa shape index (κ1) is 20.4. The monoisotopic (exact) mass is 421 g/mol. The smallest absolute Gasteiger partial charge is 0.259 e. The summed E-state index contributed by atoms with van der Waals surface area (Å²) in [6.07, 6.45) is 5.97. The summed E-state index contributed by atoms with van der Waals surface area (Å²) in [7, 11) is 0. The molecule has 0 bridgehead atoms. The Labute approximate surface area is 181 Å². The van der Waals surface area contributed by atoms with Crippen LogP contribution in [0.5, 0.6) is 0 Å². The summed E-state index contributed by atoms with van der Waals surface area (Å²) < 4.78 is 5.93. The predicted molar refractivity (Wildman–Crippen MR) is 125 cm³/mol. The normalized spacial score (nSPS) is 13.4. The second kappa shape index (κ2) is 9.30. The number of furan rings is 1. The van der Waals surface area contributed by atoms with Crippen LogP contribution >= 0.6 is 11.3 Å². The fourth-order valence-corrected chi connectivity index (χ4v) is 5.06. The lowest BCUT2D eigenvalue weighted by atomic mass is 9.95. The number of carbonyl (C=O) groups is 1. The number of amides is 1. The third-order valence-corrected chi connectivity index (χ3v) is 6.61. The lowest BCUT2D eigenvalue weighted by Gasteiger charge is -2.16. The SMILES string of the molecule is CCN(CC)c1ccc(C=Nc2sc3c(c2C(=O)Nc2ccccc2)CCCC3)o1. The molecule has 0 spiro atoms.